The fourth-order valence-electron chi connectivity index (χ4n) is 6.67. The summed E-state index contributed by atoms with van der Waals surface area (Å²) in [6.07, 6.45) is -1.50. The van der Waals surface area contributed by atoms with E-state index in [2.05, 4.69) is 11.1 Å². The van der Waals surface area contributed by atoms with Gasteiger partial charge in [0.15, 0.2) is 11.2 Å². The van der Waals surface area contributed by atoms with E-state index in [1.807, 2.05) is 36.4 Å². The van der Waals surface area contributed by atoms with Gasteiger partial charge in [-0.3, -0.25) is 4.90 Å². The lowest BCUT2D eigenvalue weighted by Crippen LogP contribution is -2.58. The highest BCUT2D eigenvalue weighted by Gasteiger charge is 2.77. The van der Waals surface area contributed by atoms with Crippen molar-refractivity contribution in [2.24, 2.45) is 5.92 Å². The second-order valence-electron chi connectivity index (χ2n) is 10.3. The zero-order chi connectivity index (χ0) is 27.6. The summed E-state index contributed by atoms with van der Waals surface area (Å²) in [6.45, 7) is -0.830. The Hall–Kier alpha value is -4.09. The molecule has 3 aliphatic rings. The molecule has 1 aliphatic carbocycles. The van der Waals surface area contributed by atoms with E-state index in [9.17, 15) is 29.5 Å². The number of halogens is 2. The van der Waals surface area contributed by atoms with Crippen LogP contribution in [0.25, 0.3) is 0 Å². The quantitative estimate of drug-likeness (QED) is 0.516. The molecule has 0 radical (unpaired) electrons. The number of rotatable bonds is 5. The zero-order valence-corrected chi connectivity index (χ0v) is 20.9. The lowest BCUT2D eigenvalue weighted by molar-refractivity contribution is -0.157. The molecule has 6 rings (SSSR count). The van der Waals surface area contributed by atoms with Crippen molar-refractivity contribution >= 4 is 0 Å². The van der Waals surface area contributed by atoms with Gasteiger partial charge in [-0.2, -0.15) is 10.5 Å². The number of benzene rings is 2. The first-order valence-corrected chi connectivity index (χ1v) is 12.4. The molecule has 2 fully saturated rings. The molecule has 2 aromatic carbocycles. The van der Waals surface area contributed by atoms with E-state index < -0.39 is 48.2 Å². The molecule has 39 heavy (non-hydrogen) atoms. The van der Waals surface area contributed by atoms with Gasteiger partial charge in [0.05, 0.1) is 43.5 Å². The van der Waals surface area contributed by atoms with E-state index in [1.165, 1.54) is 13.2 Å². The maximum Gasteiger partial charge on any atom is 0.272 e. The Kier molecular flexibility index (Phi) is 5.63. The molecule has 1 saturated carbocycles. The largest absolute Gasteiger partial charge is 0.481 e. The Morgan fingerprint density at radius 3 is 2.38 bits per heavy atom. The van der Waals surface area contributed by atoms with Crippen LogP contribution in [0.5, 0.6) is 11.6 Å². The van der Waals surface area contributed by atoms with Gasteiger partial charge in [-0.1, -0.05) is 42.5 Å². The highest BCUT2D eigenvalue weighted by atomic mass is 19.3. The van der Waals surface area contributed by atoms with Gasteiger partial charge < -0.3 is 19.7 Å². The van der Waals surface area contributed by atoms with Crippen LogP contribution in [-0.4, -0.2) is 58.9 Å². The number of hydrogen-bond acceptors (Lipinski definition) is 8. The van der Waals surface area contributed by atoms with Gasteiger partial charge in [0, 0.05) is 24.4 Å². The summed E-state index contributed by atoms with van der Waals surface area (Å²) < 4.78 is 39.8. The maximum atomic E-state index is 13.8. The van der Waals surface area contributed by atoms with E-state index in [4.69, 9.17) is 9.47 Å². The van der Waals surface area contributed by atoms with Crippen LogP contribution in [0.2, 0.25) is 0 Å². The Bertz CT molecular complexity index is 1510. The number of nitriles is 2. The predicted molar refractivity (Wildman–Crippen MR) is 133 cm³/mol. The zero-order valence-electron chi connectivity index (χ0n) is 20.9. The molecular formula is C29H24F2N4O4. The van der Waals surface area contributed by atoms with Crippen molar-refractivity contribution in [3.05, 3.63) is 88.6 Å². The van der Waals surface area contributed by atoms with E-state index in [0.717, 1.165) is 0 Å². The van der Waals surface area contributed by atoms with Gasteiger partial charge in [0.2, 0.25) is 5.88 Å². The number of aliphatic hydroxyl groups is 2. The molecule has 1 aromatic heterocycles. The number of ether oxygens (including phenoxy) is 2. The summed E-state index contributed by atoms with van der Waals surface area (Å²) in [7, 11) is 1.34. The summed E-state index contributed by atoms with van der Waals surface area (Å²) in [6, 6.07) is 21.1. The number of pyridine rings is 1. The van der Waals surface area contributed by atoms with Gasteiger partial charge in [-0.15, -0.1) is 0 Å². The molecule has 3 aromatic rings. The Morgan fingerprint density at radius 2 is 1.79 bits per heavy atom. The number of hydrogen-bond donors (Lipinski definition) is 2. The number of alkyl halides is 2. The first kappa shape index (κ1) is 25.2. The summed E-state index contributed by atoms with van der Waals surface area (Å²) in [5.41, 5.74) is -2.19. The second-order valence-corrected chi connectivity index (χ2v) is 10.3. The minimum absolute atomic E-state index is 0.00531. The van der Waals surface area contributed by atoms with Crippen LogP contribution in [0, 0.1) is 28.6 Å². The molecule has 10 heteroatoms. The van der Waals surface area contributed by atoms with Crippen molar-refractivity contribution in [1.29, 1.82) is 10.5 Å². The fraction of sp³-hybridized carbons (Fsp3) is 0.345. The van der Waals surface area contributed by atoms with E-state index in [-0.39, 0.29) is 29.4 Å². The predicted octanol–water partition coefficient (Wildman–Crippen LogP) is 3.03. The number of aromatic nitrogens is 1. The van der Waals surface area contributed by atoms with Crippen LogP contribution in [0.4, 0.5) is 8.78 Å². The molecule has 8 nitrogen and oxygen atoms in total. The summed E-state index contributed by atoms with van der Waals surface area (Å²) in [5.74, 6) is -4.25. The number of likely N-dealkylation sites (tertiary alicyclic amines) is 1. The summed E-state index contributed by atoms with van der Waals surface area (Å²) in [4.78, 5) is 5.77. The number of fused-ring (bicyclic) bond motifs is 3. The van der Waals surface area contributed by atoms with Crippen LogP contribution in [0.3, 0.4) is 0 Å². The smallest absolute Gasteiger partial charge is 0.272 e. The average molecular weight is 531 g/mol. The van der Waals surface area contributed by atoms with Crippen LogP contribution < -0.4 is 9.47 Å². The molecule has 0 amide bonds. The normalized spacial score (nSPS) is 30.3. The number of methoxy groups -OCH3 is 1. The van der Waals surface area contributed by atoms with Crippen molar-refractivity contribution in [1.82, 2.24) is 9.88 Å². The molecule has 1 saturated heterocycles. The Balaban J connectivity index is 1.62. The van der Waals surface area contributed by atoms with E-state index in [1.54, 1.807) is 29.2 Å². The van der Waals surface area contributed by atoms with Crippen molar-refractivity contribution in [3.63, 3.8) is 0 Å². The molecule has 0 bridgehead atoms. The molecule has 5 atom stereocenters. The van der Waals surface area contributed by atoms with Gasteiger partial charge in [-0.05, 0) is 23.3 Å². The molecule has 2 aliphatic heterocycles. The molecule has 0 spiro atoms. The van der Waals surface area contributed by atoms with Crippen molar-refractivity contribution in [2.45, 2.75) is 29.1 Å². The SMILES string of the molecule is COc1nc(C#N)cc2c1C1(O)C(O)C(CN3CC(F)(F)C3)C(c3ccccc3)C1(c1ccc(C#N)cc1)O2. The van der Waals surface area contributed by atoms with Gasteiger partial charge in [-0.25, -0.2) is 13.8 Å². The molecule has 5 unspecified atom stereocenters. The van der Waals surface area contributed by atoms with Crippen LogP contribution in [-0.2, 0) is 11.2 Å². The van der Waals surface area contributed by atoms with E-state index >= 15 is 0 Å². The minimum atomic E-state index is -2.81. The van der Waals surface area contributed by atoms with Gasteiger partial charge in [0.1, 0.15) is 17.5 Å². The lowest BCUT2D eigenvalue weighted by Gasteiger charge is -2.43. The summed E-state index contributed by atoms with van der Waals surface area (Å²) in [5, 5.41) is 43.7. The average Bonchev–Trinajstić information content (AvgIpc) is 3.30. The van der Waals surface area contributed by atoms with Crippen molar-refractivity contribution in [3.8, 4) is 23.8 Å². The van der Waals surface area contributed by atoms with Crippen molar-refractivity contribution in [2.75, 3.05) is 26.7 Å². The number of aliphatic hydroxyl groups excluding tert-OH is 1. The monoisotopic (exact) mass is 530 g/mol. The summed E-state index contributed by atoms with van der Waals surface area (Å²) >= 11 is 0. The van der Waals surface area contributed by atoms with Crippen LogP contribution in [0.1, 0.15) is 33.9 Å². The highest BCUT2D eigenvalue weighted by molar-refractivity contribution is 5.60. The molecule has 198 valence electrons. The first-order valence-electron chi connectivity index (χ1n) is 12.4. The van der Waals surface area contributed by atoms with Crippen LogP contribution >= 0.6 is 0 Å². The number of nitrogens with zero attached hydrogens (tertiary/aromatic N) is 4. The topological polar surface area (TPSA) is 123 Å². The Labute approximate surface area is 223 Å². The lowest BCUT2D eigenvalue weighted by atomic mass is 9.70. The third-order valence-corrected chi connectivity index (χ3v) is 8.16. The first-order chi connectivity index (χ1) is 18.7. The van der Waals surface area contributed by atoms with Gasteiger partial charge in [0.25, 0.3) is 5.92 Å². The fourth-order valence-corrected chi connectivity index (χ4v) is 6.67. The maximum absolute atomic E-state index is 13.8. The van der Waals surface area contributed by atoms with Crippen molar-refractivity contribution < 1.29 is 28.5 Å². The second kappa shape index (κ2) is 8.72. The molecule has 2 N–H and O–H groups in total. The highest BCUT2D eigenvalue weighted by Crippen LogP contribution is 2.69. The third-order valence-electron chi connectivity index (χ3n) is 8.16. The Morgan fingerprint density at radius 1 is 1.10 bits per heavy atom. The standard InChI is InChI=1S/C29H24F2N4O4/c1-38-26-24-22(11-20(13-33)34-26)39-29(19-9-7-17(12-32)8-10-19)23(18-5-3-2-4-6-18)21(25(36)28(24,29)37)14-35-15-27(30,31)16-35/h2-11,21,23,25,36-37H,14-16H2,1H3. The van der Waals surface area contributed by atoms with Gasteiger partial charge >= 0.3 is 0 Å². The molecular weight excluding hydrogens is 506 g/mol. The molecule has 3 heterocycles. The van der Waals surface area contributed by atoms with E-state index in [0.29, 0.717) is 16.7 Å². The minimum Gasteiger partial charge on any atom is -0.481 e. The van der Waals surface area contributed by atoms with Crippen LogP contribution in [0.15, 0.2) is 60.7 Å². The third kappa shape index (κ3) is 3.46.